The third-order valence-corrected chi connectivity index (χ3v) is 11.1. The molecule has 1 unspecified atom stereocenters. The summed E-state index contributed by atoms with van der Waals surface area (Å²) in [6, 6.07) is 13.3. The number of amides is 4. The molecule has 328 valence electrons. The van der Waals surface area contributed by atoms with E-state index in [0.717, 1.165) is 30.4 Å². The van der Waals surface area contributed by atoms with Crippen molar-refractivity contribution in [2.45, 2.75) is 63.5 Å². The minimum atomic E-state index is -0.894. The first kappa shape index (κ1) is 43.5. The molecule has 2 fully saturated rings. The Morgan fingerprint density at radius 2 is 1.68 bits per heavy atom. The van der Waals surface area contributed by atoms with Crippen LogP contribution in [0.4, 0.5) is 21.9 Å². The summed E-state index contributed by atoms with van der Waals surface area (Å²) >= 11 is 0. The van der Waals surface area contributed by atoms with Crippen LogP contribution >= 0.6 is 0 Å². The quantitative estimate of drug-likeness (QED) is 0.0758. The van der Waals surface area contributed by atoms with Crippen molar-refractivity contribution in [3.63, 3.8) is 0 Å². The molecule has 62 heavy (non-hydrogen) atoms. The maximum absolute atomic E-state index is 14.1. The van der Waals surface area contributed by atoms with E-state index in [1.807, 2.05) is 18.3 Å². The molecule has 3 atom stereocenters. The van der Waals surface area contributed by atoms with Gasteiger partial charge in [-0.1, -0.05) is 24.8 Å². The third kappa shape index (κ3) is 9.48. The molecule has 2 aromatic carbocycles. The van der Waals surface area contributed by atoms with Gasteiger partial charge in [0.05, 0.1) is 43.8 Å². The average molecular weight is 853 g/mol. The van der Waals surface area contributed by atoms with Crippen LogP contribution in [0.1, 0.15) is 76.3 Å². The molecule has 2 aromatic heterocycles. The fraction of sp³-hybridized carbons (Fsp3) is 0.400. The van der Waals surface area contributed by atoms with Crippen molar-refractivity contribution in [3.05, 3.63) is 90.5 Å². The molecule has 0 spiro atoms. The van der Waals surface area contributed by atoms with Crippen LogP contribution in [0.25, 0.3) is 11.1 Å². The summed E-state index contributed by atoms with van der Waals surface area (Å²) in [7, 11) is 6.27. The molecule has 7 rings (SSSR count). The molecule has 0 saturated carbocycles. The fourth-order valence-corrected chi connectivity index (χ4v) is 7.99. The number of fused-ring (bicyclic) bond motifs is 2. The van der Waals surface area contributed by atoms with Crippen LogP contribution in [0.5, 0.6) is 11.5 Å². The molecule has 17 heteroatoms. The molecular weight excluding hydrogens is 801 g/mol. The lowest BCUT2D eigenvalue weighted by Crippen LogP contribution is -2.54. The molecule has 4 amide bonds. The van der Waals surface area contributed by atoms with Crippen molar-refractivity contribution in [1.82, 2.24) is 14.0 Å². The number of hydrogen-bond acceptors (Lipinski definition) is 11. The van der Waals surface area contributed by atoms with Crippen LogP contribution < -0.4 is 25.0 Å². The normalized spacial score (nSPS) is 18.3. The predicted molar refractivity (Wildman–Crippen MR) is 228 cm³/mol. The van der Waals surface area contributed by atoms with Gasteiger partial charge in [-0.2, -0.15) is 0 Å². The molecule has 4 aromatic rings. The first-order valence-electron chi connectivity index (χ1n) is 20.6. The SMILES string of the molecule is C=CCOC(=O)N1c2cc(OCCCC(=O)Nc3cc(C(=O)Nc4ccc(-c5cc(C(=O)OC)n(C)c5)cc4)n(C)c3)c(OC)cc2C(=O)N2CCC[C@H]2[C@@H]1OC1CCCCO1. The van der Waals surface area contributed by atoms with Gasteiger partial charge in [-0.25, -0.2) is 14.5 Å². The van der Waals surface area contributed by atoms with Gasteiger partial charge in [0.25, 0.3) is 11.8 Å². The Kier molecular flexibility index (Phi) is 13.6. The summed E-state index contributed by atoms with van der Waals surface area (Å²) in [5, 5.41) is 5.73. The minimum Gasteiger partial charge on any atom is -0.493 e. The van der Waals surface area contributed by atoms with E-state index in [2.05, 4.69) is 17.2 Å². The molecule has 0 aliphatic carbocycles. The summed E-state index contributed by atoms with van der Waals surface area (Å²) < 4.78 is 38.0. The van der Waals surface area contributed by atoms with Crippen LogP contribution in [0.15, 0.2) is 73.6 Å². The van der Waals surface area contributed by atoms with Gasteiger partial charge < -0.3 is 53.1 Å². The maximum Gasteiger partial charge on any atom is 0.416 e. The van der Waals surface area contributed by atoms with Crippen molar-refractivity contribution < 1.29 is 52.4 Å². The highest BCUT2D eigenvalue weighted by molar-refractivity contribution is 6.06. The van der Waals surface area contributed by atoms with Crippen molar-refractivity contribution in [3.8, 4) is 22.6 Å². The Morgan fingerprint density at radius 1 is 0.887 bits per heavy atom. The highest BCUT2D eigenvalue weighted by atomic mass is 16.7. The number of aryl methyl sites for hydroxylation is 2. The second-order valence-corrected chi connectivity index (χ2v) is 15.3. The number of methoxy groups -OCH3 is 2. The van der Waals surface area contributed by atoms with Crippen LogP contribution in [-0.2, 0) is 37.8 Å². The van der Waals surface area contributed by atoms with Crippen LogP contribution in [-0.4, -0.2) is 103 Å². The third-order valence-electron chi connectivity index (χ3n) is 11.1. The number of benzene rings is 2. The van der Waals surface area contributed by atoms with Crippen LogP contribution in [0.2, 0.25) is 0 Å². The van der Waals surface area contributed by atoms with Gasteiger partial charge in [-0.05, 0) is 74.4 Å². The molecule has 3 aliphatic rings. The van der Waals surface area contributed by atoms with E-state index in [1.165, 1.54) is 25.2 Å². The summed E-state index contributed by atoms with van der Waals surface area (Å²) in [6.45, 7) is 4.76. The first-order valence-corrected chi connectivity index (χ1v) is 20.6. The summed E-state index contributed by atoms with van der Waals surface area (Å²) in [5.74, 6) is -0.818. The second-order valence-electron chi connectivity index (χ2n) is 15.3. The Bertz CT molecular complexity index is 2310. The summed E-state index contributed by atoms with van der Waals surface area (Å²) in [4.78, 5) is 69.4. The predicted octanol–water partition coefficient (Wildman–Crippen LogP) is 6.49. The molecule has 5 heterocycles. The van der Waals surface area contributed by atoms with Crippen LogP contribution in [0.3, 0.4) is 0 Å². The van der Waals surface area contributed by atoms with Gasteiger partial charge in [0, 0.05) is 63.4 Å². The summed E-state index contributed by atoms with van der Waals surface area (Å²) in [5.41, 5.74) is 3.92. The number of nitrogens with one attached hydrogen (secondary N) is 2. The standard InChI is InChI=1S/C45H52N6O11/c1-6-19-61-45(56)51-34-25-38(37(57-4)24-32(34)42(54)50-18-9-11-33(50)43(51)62-40-13-7-8-20-60-40)59-21-10-12-39(52)46-31-23-35(49(3)27-31)41(53)47-30-16-14-28(15-17-30)29-22-36(44(55)58-5)48(2)26-29/h6,14-17,22-27,33,40,43H,1,7-13,18-21H2,2-5H3,(H,46,52)(H,47,53)/t33-,40?,43-/m0/s1. The number of carbonyl (C=O) groups excluding carboxylic acids is 5. The Morgan fingerprint density at radius 3 is 2.40 bits per heavy atom. The number of carbonyl (C=O) groups is 5. The van der Waals surface area contributed by atoms with E-state index in [0.29, 0.717) is 55.2 Å². The number of aromatic nitrogens is 2. The largest absolute Gasteiger partial charge is 0.493 e. The van der Waals surface area contributed by atoms with E-state index in [1.54, 1.807) is 70.7 Å². The maximum atomic E-state index is 14.1. The smallest absolute Gasteiger partial charge is 0.416 e. The number of rotatable bonds is 15. The molecule has 2 saturated heterocycles. The van der Waals surface area contributed by atoms with Gasteiger partial charge in [-0.15, -0.1) is 0 Å². The van der Waals surface area contributed by atoms with Crippen molar-refractivity contribution in [1.29, 1.82) is 0 Å². The number of esters is 1. The van der Waals surface area contributed by atoms with Gasteiger partial charge in [0.2, 0.25) is 5.91 Å². The molecule has 17 nitrogen and oxygen atoms in total. The zero-order valence-electron chi connectivity index (χ0n) is 35.3. The molecule has 0 bridgehead atoms. The lowest BCUT2D eigenvalue weighted by Gasteiger charge is -2.38. The van der Waals surface area contributed by atoms with Crippen molar-refractivity contribution >= 4 is 46.8 Å². The second kappa shape index (κ2) is 19.4. The Hall–Kier alpha value is -6.59. The minimum absolute atomic E-state index is 0.0497. The van der Waals surface area contributed by atoms with Crippen LogP contribution in [0, 0.1) is 0 Å². The molecule has 3 aliphatic heterocycles. The van der Waals surface area contributed by atoms with Crippen molar-refractivity contribution in [2.75, 3.05) is 56.1 Å². The highest BCUT2D eigenvalue weighted by Crippen LogP contribution is 2.43. The highest BCUT2D eigenvalue weighted by Gasteiger charge is 2.48. The van der Waals surface area contributed by atoms with Gasteiger partial charge in [-0.3, -0.25) is 14.4 Å². The zero-order valence-corrected chi connectivity index (χ0v) is 35.3. The van der Waals surface area contributed by atoms with Gasteiger partial charge >= 0.3 is 12.1 Å². The number of nitrogens with zero attached hydrogens (tertiary/aromatic N) is 4. The zero-order chi connectivity index (χ0) is 43.9. The molecular formula is C45H52N6O11. The number of ether oxygens (including phenoxy) is 6. The summed E-state index contributed by atoms with van der Waals surface area (Å²) in [6.07, 6.45) is 7.02. The van der Waals surface area contributed by atoms with E-state index in [-0.39, 0.29) is 60.1 Å². The molecule has 2 N–H and O–H groups in total. The molecule has 0 radical (unpaired) electrons. The van der Waals surface area contributed by atoms with E-state index in [9.17, 15) is 24.0 Å². The van der Waals surface area contributed by atoms with E-state index >= 15 is 0 Å². The van der Waals surface area contributed by atoms with Gasteiger partial charge in [0.15, 0.2) is 24.0 Å². The number of anilines is 3. The van der Waals surface area contributed by atoms with E-state index in [4.69, 9.17) is 28.4 Å². The lowest BCUT2D eigenvalue weighted by molar-refractivity contribution is -0.195. The lowest BCUT2D eigenvalue weighted by atomic mass is 10.1. The topological polar surface area (TPSA) is 181 Å². The fourth-order valence-electron chi connectivity index (χ4n) is 7.99. The van der Waals surface area contributed by atoms with Crippen molar-refractivity contribution in [2.24, 2.45) is 14.1 Å². The Labute approximate surface area is 359 Å². The Balaban J connectivity index is 0.985. The number of hydrogen-bond donors (Lipinski definition) is 2. The monoisotopic (exact) mass is 852 g/mol. The average Bonchev–Trinajstić information content (AvgIpc) is 4.01. The first-order chi connectivity index (χ1) is 30.0. The van der Waals surface area contributed by atoms with E-state index < -0.39 is 30.6 Å². The van der Waals surface area contributed by atoms with Gasteiger partial charge in [0.1, 0.15) is 18.0 Å².